The Hall–Kier alpha value is -2.43. The van der Waals surface area contributed by atoms with Crippen molar-refractivity contribution in [2.75, 3.05) is 21.3 Å². The maximum Gasteiger partial charge on any atom is 0.227 e. The number of hydrogen-bond donors (Lipinski definition) is 1. The fourth-order valence-corrected chi connectivity index (χ4v) is 4.72. The molecule has 2 aliphatic rings. The van der Waals surface area contributed by atoms with Crippen LogP contribution in [-0.4, -0.2) is 27.2 Å². The highest BCUT2D eigenvalue weighted by Gasteiger charge is 2.40. The number of carbonyl (C=O) groups is 1. The standard InChI is InChI=1S/C23H31NO4/c1-13(2)18-19(26-4)15-9-10-17-14(8-7-11-23(17,3)22(24)25)12-16(15)20(27-5)21(18)28-6/h9-10,13H,7-8,11-12H2,1-6H3,(H2,24,25). The predicted molar refractivity (Wildman–Crippen MR) is 111 cm³/mol. The van der Waals surface area contributed by atoms with Crippen LogP contribution in [0.2, 0.25) is 0 Å². The zero-order valence-electron chi connectivity index (χ0n) is 17.8. The number of allylic oxidation sites excluding steroid dienone is 2. The van der Waals surface area contributed by atoms with E-state index in [4.69, 9.17) is 19.9 Å². The van der Waals surface area contributed by atoms with E-state index in [9.17, 15) is 4.79 Å². The summed E-state index contributed by atoms with van der Waals surface area (Å²) >= 11 is 0. The molecule has 1 amide bonds. The minimum atomic E-state index is -0.641. The van der Waals surface area contributed by atoms with Crippen molar-refractivity contribution in [1.29, 1.82) is 0 Å². The highest BCUT2D eigenvalue weighted by molar-refractivity contribution is 5.87. The number of nitrogens with two attached hydrogens (primary N) is 1. The number of primary amides is 1. The van der Waals surface area contributed by atoms with Gasteiger partial charge in [0.15, 0.2) is 11.5 Å². The molecule has 2 N–H and O–H groups in total. The van der Waals surface area contributed by atoms with Gasteiger partial charge in [-0.25, -0.2) is 0 Å². The lowest BCUT2D eigenvalue weighted by Gasteiger charge is -2.34. The van der Waals surface area contributed by atoms with E-state index in [0.29, 0.717) is 6.42 Å². The first-order valence-corrected chi connectivity index (χ1v) is 9.85. The molecule has 5 heteroatoms. The number of ether oxygens (including phenoxy) is 3. The Bertz CT molecular complexity index is 866. The Morgan fingerprint density at radius 2 is 1.71 bits per heavy atom. The fourth-order valence-electron chi connectivity index (χ4n) is 4.72. The van der Waals surface area contributed by atoms with Crippen LogP contribution in [0, 0.1) is 5.41 Å². The van der Waals surface area contributed by atoms with Gasteiger partial charge in [0.05, 0.1) is 26.7 Å². The van der Waals surface area contributed by atoms with Gasteiger partial charge in [-0.3, -0.25) is 4.79 Å². The van der Waals surface area contributed by atoms with Crippen LogP contribution in [0.4, 0.5) is 0 Å². The van der Waals surface area contributed by atoms with Crippen molar-refractivity contribution in [2.24, 2.45) is 11.1 Å². The van der Waals surface area contributed by atoms with Crippen molar-refractivity contribution >= 4 is 12.0 Å². The molecule has 0 spiro atoms. The lowest BCUT2D eigenvalue weighted by Crippen LogP contribution is -2.38. The Kier molecular flexibility index (Phi) is 5.46. The number of amides is 1. The van der Waals surface area contributed by atoms with Gasteiger partial charge < -0.3 is 19.9 Å². The van der Waals surface area contributed by atoms with Crippen molar-refractivity contribution in [1.82, 2.24) is 0 Å². The van der Waals surface area contributed by atoms with Gasteiger partial charge in [-0.1, -0.05) is 31.6 Å². The molecular weight excluding hydrogens is 354 g/mol. The van der Waals surface area contributed by atoms with E-state index in [1.807, 2.05) is 6.92 Å². The van der Waals surface area contributed by atoms with Gasteiger partial charge in [-0.15, -0.1) is 0 Å². The van der Waals surface area contributed by atoms with Gasteiger partial charge in [0.2, 0.25) is 5.91 Å². The number of rotatable bonds is 5. The van der Waals surface area contributed by atoms with E-state index >= 15 is 0 Å². The van der Waals surface area contributed by atoms with E-state index in [0.717, 1.165) is 58.8 Å². The number of methoxy groups -OCH3 is 3. The van der Waals surface area contributed by atoms with Crippen LogP contribution in [0.3, 0.4) is 0 Å². The average molecular weight is 386 g/mol. The summed E-state index contributed by atoms with van der Waals surface area (Å²) in [5.74, 6) is 2.19. The van der Waals surface area contributed by atoms with E-state index < -0.39 is 5.41 Å². The molecule has 28 heavy (non-hydrogen) atoms. The third kappa shape index (κ3) is 2.97. The summed E-state index contributed by atoms with van der Waals surface area (Å²) in [6.07, 6.45) is 7.47. The Balaban J connectivity index is 2.31. The van der Waals surface area contributed by atoms with E-state index in [1.165, 1.54) is 5.57 Å². The molecule has 1 unspecified atom stereocenters. The zero-order chi connectivity index (χ0) is 20.6. The first-order valence-electron chi connectivity index (χ1n) is 9.85. The van der Waals surface area contributed by atoms with Gasteiger partial charge in [-0.2, -0.15) is 0 Å². The minimum absolute atomic E-state index is 0.194. The molecule has 0 aliphatic heterocycles. The molecule has 0 bridgehead atoms. The minimum Gasteiger partial charge on any atom is -0.496 e. The van der Waals surface area contributed by atoms with Crippen LogP contribution < -0.4 is 19.9 Å². The summed E-state index contributed by atoms with van der Waals surface area (Å²) in [7, 11) is 5.03. The highest BCUT2D eigenvalue weighted by atomic mass is 16.5. The van der Waals surface area contributed by atoms with Crippen molar-refractivity contribution < 1.29 is 19.0 Å². The number of fused-ring (bicyclic) bond motifs is 1. The molecule has 0 heterocycles. The summed E-state index contributed by atoms with van der Waals surface area (Å²) in [6, 6.07) is 0. The molecule has 152 valence electrons. The summed E-state index contributed by atoms with van der Waals surface area (Å²) in [6.45, 7) is 6.18. The zero-order valence-corrected chi connectivity index (χ0v) is 17.8. The molecule has 3 rings (SSSR count). The van der Waals surface area contributed by atoms with E-state index in [-0.39, 0.29) is 11.8 Å². The largest absolute Gasteiger partial charge is 0.496 e. The molecular formula is C23H31NO4. The third-order valence-electron chi connectivity index (χ3n) is 6.21. The second-order valence-electron chi connectivity index (χ2n) is 8.14. The van der Waals surface area contributed by atoms with Crippen molar-refractivity contribution in [2.45, 2.75) is 52.4 Å². The van der Waals surface area contributed by atoms with Gasteiger partial charge in [0.1, 0.15) is 5.75 Å². The van der Waals surface area contributed by atoms with Crippen LogP contribution in [0.1, 0.15) is 62.6 Å². The quantitative estimate of drug-likeness (QED) is 0.817. The van der Waals surface area contributed by atoms with Crippen molar-refractivity contribution in [3.63, 3.8) is 0 Å². The van der Waals surface area contributed by atoms with Gasteiger partial charge in [-0.05, 0) is 44.1 Å². The summed E-state index contributed by atoms with van der Waals surface area (Å²) in [4.78, 5) is 12.3. The Morgan fingerprint density at radius 3 is 2.25 bits per heavy atom. The van der Waals surface area contributed by atoms with Crippen molar-refractivity contribution in [3.05, 3.63) is 33.9 Å². The number of benzene rings is 1. The van der Waals surface area contributed by atoms with Crippen LogP contribution in [0.5, 0.6) is 17.2 Å². The molecule has 1 atom stereocenters. The molecule has 0 saturated carbocycles. The Labute approximate surface area is 167 Å². The summed E-state index contributed by atoms with van der Waals surface area (Å²) in [5, 5.41) is 0. The van der Waals surface area contributed by atoms with Crippen molar-refractivity contribution in [3.8, 4) is 17.2 Å². The molecule has 1 aromatic rings. The third-order valence-corrected chi connectivity index (χ3v) is 6.21. The number of carbonyl (C=O) groups excluding carboxylic acids is 1. The molecule has 0 fully saturated rings. The normalized spacial score (nSPS) is 21.1. The van der Waals surface area contributed by atoms with Gasteiger partial charge >= 0.3 is 0 Å². The highest BCUT2D eigenvalue weighted by Crippen LogP contribution is 2.52. The lowest BCUT2D eigenvalue weighted by molar-refractivity contribution is -0.125. The first kappa shape index (κ1) is 20.3. The fraction of sp³-hybridized carbons (Fsp3) is 0.522. The summed E-state index contributed by atoms with van der Waals surface area (Å²) in [5.41, 5.74) is 10.5. The van der Waals surface area contributed by atoms with Crippen LogP contribution in [0.15, 0.2) is 17.2 Å². The van der Waals surface area contributed by atoms with E-state index in [2.05, 4.69) is 26.0 Å². The monoisotopic (exact) mass is 385 g/mol. The molecule has 1 aromatic carbocycles. The number of hydrogen-bond acceptors (Lipinski definition) is 4. The van der Waals surface area contributed by atoms with Crippen LogP contribution >= 0.6 is 0 Å². The Morgan fingerprint density at radius 1 is 1.07 bits per heavy atom. The smallest absolute Gasteiger partial charge is 0.227 e. The van der Waals surface area contributed by atoms with Gasteiger partial charge in [0.25, 0.3) is 0 Å². The van der Waals surface area contributed by atoms with E-state index in [1.54, 1.807) is 21.3 Å². The second kappa shape index (κ2) is 7.53. The molecule has 0 aromatic heterocycles. The van der Waals surface area contributed by atoms with Crippen LogP contribution in [0.25, 0.3) is 6.08 Å². The summed E-state index contributed by atoms with van der Waals surface area (Å²) < 4.78 is 17.5. The SMILES string of the molecule is COc1c2c(c(OC)c(C(C)C)c1OC)C=CC1=C(CCCC1(C)C(N)=O)C2. The molecule has 5 nitrogen and oxygen atoms in total. The topological polar surface area (TPSA) is 70.8 Å². The lowest BCUT2D eigenvalue weighted by atomic mass is 9.70. The predicted octanol–water partition coefficient (Wildman–Crippen LogP) is 4.38. The van der Waals surface area contributed by atoms with Crippen LogP contribution in [-0.2, 0) is 11.2 Å². The molecule has 2 aliphatic carbocycles. The maximum atomic E-state index is 12.3. The second-order valence-corrected chi connectivity index (χ2v) is 8.14. The average Bonchev–Trinajstić information content (AvgIpc) is 2.86. The first-order chi connectivity index (χ1) is 13.3. The maximum absolute atomic E-state index is 12.3. The molecule has 0 saturated heterocycles. The van der Waals surface area contributed by atoms with Gasteiger partial charge in [0, 0.05) is 16.7 Å². The molecule has 0 radical (unpaired) electrons.